The minimum Gasteiger partial charge on any atom is -0.390 e. The molecule has 4 aromatic rings. The number of benzene rings is 1. The highest BCUT2D eigenvalue weighted by Crippen LogP contribution is 2.27. The molecule has 9 nitrogen and oxygen atoms in total. The van der Waals surface area contributed by atoms with Crippen LogP contribution in [0, 0.1) is 6.92 Å². The summed E-state index contributed by atoms with van der Waals surface area (Å²) in [6.07, 6.45) is 3.67. The lowest BCUT2D eigenvalue weighted by molar-refractivity contribution is 0.122. The number of aliphatic hydroxyl groups excluding tert-OH is 1. The standard InChI is InChI=1S/C20H21N7O2/c1-13-22-14(12-28)11-27(13)20-24-18(16-3-2-4-17-15(16)5-6-21-17)23-19(25-20)26-7-9-29-10-8-26/h2-6,11,21,28H,7-10,12H2,1H3. The molecule has 0 unspecified atom stereocenters. The topological polar surface area (TPSA) is 105 Å². The molecule has 0 saturated carbocycles. The van der Waals surface area contributed by atoms with Crippen molar-refractivity contribution in [3.05, 3.63) is 48.2 Å². The minimum atomic E-state index is -0.134. The molecule has 1 fully saturated rings. The maximum Gasteiger partial charge on any atom is 0.240 e. The molecule has 1 aliphatic heterocycles. The summed E-state index contributed by atoms with van der Waals surface area (Å²) in [6.45, 7) is 4.46. The molecule has 0 spiro atoms. The predicted octanol–water partition coefficient (Wildman–Crippen LogP) is 1.84. The molecule has 2 N–H and O–H groups in total. The first-order chi connectivity index (χ1) is 14.2. The summed E-state index contributed by atoms with van der Waals surface area (Å²) in [4.78, 5) is 24.0. The number of aryl methyl sites for hydroxylation is 1. The van der Waals surface area contributed by atoms with E-state index in [0.29, 0.717) is 42.5 Å². The smallest absolute Gasteiger partial charge is 0.240 e. The van der Waals surface area contributed by atoms with Gasteiger partial charge in [-0.2, -0.15) is 15.0 Å². The van der Waals surface area contributed by atoms with Crippen LogP contribution in [0.5, 0.6) is 0 Å². The summed E-state index contributed by atoms with van der Waals surface area (Å²) in [5, 5.41) is 10.5. The number of nitrogens with one attached hydrogen (secondary N) is 1. The zero-order valence-corrected chi connectivity index (χ0v) is 16.0. The van der Waals surface area contributed by atoms with Crippen molar-refractivity contribution in [3.8, 4) is 17.3 Å². The van der Waals surface area contributed by atoms with Gasteiger partial charge < -0.3 is 19.7 Å². The first-order valence-corrected chi connectivity index (χ1v) is 9.54. The molecule has 0 amide bonds. The van der Waals surface area contributed by atoms with Crippen LogP contribution in [-0.4, -0.2) is 60.9 Å². The summed E-state index contributed by atoms with van der Waals surface area (Å²) in [5.41, 5.74) is 2.53. The normalized spacial score (nSPS) is 14.6. The van der Waals surface area contributed by atoms with Crippen molar-refractivity contribution in [2.75, 3.05) is 31.2 Å². The molecule has 3 aromatic heterocycles. The Morgan fingerprint density at radius 2 is 1.90 bits per heavy atom. The number of aromatic nitrogens is 6. The van der Waals surface area contributed by atoms with Crippen molar-refractivity contribution in [3.63, 3.8) is 0 Å². The van der Waals surface area contributed by atoms with E-state index in [1.807, 2.05) is 37.4 Å². The summed E-state index contributed by atoms with van der Waals surface area (Å²) in [5.74, 6) is 2.40. The molecule has 148 valence electrons. The molecule has 5 rings (SSSR count). The van der Waals surface area contributed by atoms with Crippen LogP contribution in [0.15, 0.2) is 36.7 Å². The number of morpholine rings is 1. The van der Waals surface area contributed by atoms with Crippen LogP contribution in [0.25, 0.3) is 28.2 Å². The van der Waals surface area contributed by atoms with Gasteiger partial charge >= 0.3 is 0 Å². The average Bonchev–Trinajstić information content (AvgIpc) is 3.40. The van der Waals surface area contributed by atoms with E-state index in [1.54, 1.807) is 10.8 Å². The van der Waals surface area contributed by atoms with Crippen LogP contribution in [-0.2, 0) is 11.3 Å². The molecule has 1 aromatic carbocycles. The zero-order chi connectivity index (χ0) is 19.8. The molecule has 9 heteroatoms. The molecule has 0 bridgehead atoms. The van der Waals surface area contributed by atoms with E-state index < -0.39 is 0 Å². The number of rotatable bonds is 4. The second kappa shape index (κ2) is 7.26. The Labute approximate surface area is 167 Å². The lowest BCUT2D eigenvalue weighted by atomic mass is 10.1. The predicted molar refractivity (Wildman–Crippen MR) is 108 cm³/mol. The van der Waals surface area contributed by atoms with E-state index in [9.17, 15) is 5.11 Å². The summed E-state index contributed by atoms with van der Waals surface area (Å²) >= 11 is 0. The second-order valence-corrected chi connectivity index (χ2v) is 6.91. The fraction of sp³-hybridized carbons (Fsp3) is 0.300. The fourth-order valence-electron chi connectivity index (χ4n) is 3.58. The summed E-state index contributed by atoms with van der Waals surface area (Å²) in [6, 6.07) is 8.04. The average molecular weight is 391 g/mol. The quantitative estimate of drug-likeness (QED) is 0.547. The number of imidazole rings is 1. The Hall–Kier alpha value is -3.30. The highest BCUT2D eigenvalue weighted by Gasteiger charge is 2.20. The van der Waals surface area contributed by atoms with E-state index in [0.717, 1.165) is 29.6 Å². The number of ether oxygens (including phenoxy) is 1. The third-order valence-electron chi connectivity index (χ3n) is 5.05. The Kier molecular flexibility index (Phi) is 4.45. The SMILES string of the molecule is Cc1nc(CO)cn1-c1nc(-c2cccc3[nH]ccc23)nc(N2CCOCC2)n1. The molecule has 0 atom stereocenters. The van der Waals surface area contributed by atoms with Gasteiger partial charge in [0, 0.05) is 41.9 Å². The van der Waals surface area contributed by atoms with Crippen molar-refractivity contribution in [2.24, 2.45) is 0 Å². The van der Waals surface area contributed by atoms with E-state index in [1.165, 1.54) is 0 Å². The van der Waals surface area contributed by atoms with Gasteiger partial charge in [-0.1, -0.05) is 12.1 Å². The van der Waals surface area contributed by atoms with Crippen LogP contribution in [0.1, 0.15) is 11.5 Å². The Morgan fingerprint density at radius 1 is 1.07 bits per heavy atom. The first kappa shape index (κ1) is 17.8. The summed E-state index contributed by atoms with van der Waals surface area (Å²) in [7, 11) is 0. The number of hydrogen-bond acceptors (Lipinski definition) is 7. The van der Waals surface area contributed by atoms with Crippen LogP contribution in [0.2, 0.25) is 0 Å². The molecular formula is C20H21N7O2. The number of nitrogens with zero attached hydrogens (tertiary/aromatic N) is 6. The van der Waals surface area contributed by atoms with Crippen LogP contribution < -0.4 is 4.90 Å². The number of fused-ring (bicyclic) bond motifs is 1. The minimum absolute atomic E-state index is 0.134. The molecule has 0 radical (unpaired) electrons. The van der Waals surface area contributed by atoms with Gasteiger partial charge in [-0.25, -0.2) is 4.98 Å². The van der Waals surface area contributed by atoms with Gasteiger partial charge in [0.2, 0.25) is 11.9 Å². The number of anilines is 1. The van der Waals surface area contributed by atoms with Crippen LogP contribution in [0.4, 0.5) is 5.95 Å². The fourth-order valence-corrected chi connectivity index (χ4v) is 3.58. The monoisotopic (exact) mass is 391 g/mol. The van der Waals surface area contributed by atoms with Gasteiger partial charge in [0.25, 0.3) is 0 Å². The highest BCUT2D eigenvalue weighted by atomic mass is 16.5. The third kappa shape index (κ3) is 3.24. The molecule has 1 saturated heterocycles. The van der Waals surface area contributed by atoms with Crippen molar-refractivity contribution in [2.45, 2.75) is 13.5 Å². The van der Waals surface area contributed by atoms with Crippen LogP contribution in [0.3, 0.4) is 0 Å². The zero-order valence-electron chi connectivity index (χ0n) is 16.0. The van der Waals surface area contributed by atoms with Crippen LogP contribution >= 0.6 is 0 Å². The van der Waals surface area contributed by atoms with E-state index in [-0.39, 0.29) is 6.61 Å². The first-order valence-electron chi connectivity index (χ1n) is 9.54. The summed E-state index contributed by atoms with van der Waals surface area (Å²) < 4.78 is 7.26. The van der Waals surface area contributed by atoms with E-state index >= 15 is 0 Å². The van der Waals surface area contributed by atoms with Gasteiger partial charge in [0.1, 0.15) is 5.82 Å². The van der Waals surface area contributed by atoms with Crippen molar-refractivity contribution in [1.82, 2.24) is 29.5 Å². The maximum atomic E-state index is 9.45. The second-order valence-electron chi connectivity index (χ2n) is 6.91. The van der Waals surface area contributed by atoms with E-state index in [2.05, 4.69) is 14.9 Å². The van der Waals surface area contributed by atoms with Crippen molar-refractivity contribution < 1.29 is 9.84 Å². The van der Waals surface area contributed by atoms with Crippen molar-refractivity contribution >= 4 is 16.9 Å². The molecule has 1 aliphatic rings. The lowest BCUT2D eigenvalue weighted by Gasteiger charge is -2.27. The highest BCUT2D eigenvalue weighted by molar-refractivity contribution is 5.93. The molecule has 0 aliphatic carbocycles. The Balaban J connectivity index is 1.69. The van der Waals surface area contributed by atoms with E-state index in [4.69, 9.17) is 19.7 Å². The maximum absolute atomic E-state index is 9.45. The molecule has 29 heavy (non-hydrogen) atoms. The molecular weight excluding hydrogens is 370 g/mol. The number of aliphatic hydroxyl groups is 1. The van der Waals surface area contributed by atoms with Gasteiger partial charge in [0.15, 0.2) is 5.82 Å². The Morgan fingerprint density at radius 3 is 2.69 bits per heavy atom. The van der Waals surface area contributed by atoms with Gasteiger partial charge in [-0.3, -0.25) is 4.57 Å². The Bertz CT molecular complexity index is 1160. The van der Waals surface area contributed by atoms with Gasteiger partial charge in [-0.05, 0) is 19.1 Å². The van der Waals surface area contributed by atoms with Gasteiger partial charge in [-0.15, -0.1) is 0 Å². The largest absolute Gasteiger partial charge is 0.390 e. The lowest BCUT2D eigenvalue weighted by Crippen LogP contribution is -2.37. The number of H-pyrrole nitrogens is 1. The van der Waals surface area contributed by atoms with Crippen molar-refractivity contribution in [1.29, 1.82) is 0 Å². The number of aromatic amines is 1. The number of hydrogen-bond donors (Lipinski definition) is 2. The van der Waals surface area contributed by atoms with Gasteiger partial charge in [0.05, 0.1) is 25.5 Å². The third-order valence-corrected chi connectivity index (χ3v) is 5.05. The molecule has 4 heterocycles.